The van der Waals surface area contributed by atoms with Crippen molar-refractivity contribution in [3.63, 3.8) is 0 Å². The Bertz CT molecular complexity index is 780. The number of hydrogen-bond donors (Lipinski definition) is 2. The van der Waals surface area contributed by atoms with Crippen molar-refractivity contribution in [1.82, 2.24) is 5.32 Å². The van der Waals surface area contributed by atoms with Crippen LogP contribution in [0.1, 0.15) is 29.8 Å². The van der Waals surface area contributed by atoms with E-state index in [0.717, 1.165) is 5.56 Å². The van der Waals surface area contributed by atoms with Crippen molar-refractivity contribution in [2.24, 2.45) is 0 Å². The lowest BCUT2D eigenvalue weighted by molar-refractivity contribution is -0.152. The van der Waals surface area contributed by atoms with Crippen molar-refractivity contribution in [2.75, 3.05) is 0 Å². The van der Waals surface area contributed by atoms with Crippen LogP contribution in [0.2, 0.25) is 5.02 Å². The monoisotopic (exact) mass is 359 g/mol. The van der Waals surface area contributed by atoms with Gasteiger partial charge < -0.3 is 15.2 Å². The molecule has 5 nitrogen and oxygen atoms in total. The fourth-order valence-corrected chi connectivity index (χ4v) is 2.01. The molecule has 2 aromatic carbocycles. The number of halogens is 1. The number of carboxylic acids is 1. The van der Waals surface area contributed by atoms with Gasteiger partial charge in [-0.25, -0.2) is 4.79 Å². The molecule has 6 heteroatoms. The van der Waals surface area contributed by atoms with Gasteiger partial charge in [0.15, 0.2) is 5.60 Å². The molecule has 0 fully saturated rings. The van der Waals surface area contributed by atoms with E-state index in [-0.39, 0.29) is 5.91 Å². The van der Waals surface area contributed by atoms with Crippen LogP contribution >= 0.6 is 11.6 Å². The van der Waals surface area contributed by atoms with Gasteiger partial charge in [-0.15, -0.1) is 0 Å². The topological polar surface area (TPSA) is 75.6 Å². The fourth-order valence-electron chi connectivity index (χ4n) is 1.88. The molecular formula is C19H18ClNO4. The van der Waals surface area contributed by atoms with E-state index in [1.165, 1.54) is 20.0 Å². The van der Waals surface area contributed by atoms with Gasteiger partial charge in [-0.3, -0.25) is 4.79 Å². The third-order valence-corrected chi connectivity index (χ3v) is 3.62. The van der Waals surface area contributed by atoms with Gasteiger partial charge in [0.05, 0.1) is 0 Å². The summed E-state index contributed by atoms with van der Waals surface area (Å²) >= 11 is 5.78. The number of aliphatic carboxylic acids is 1. The molecule has 0 saturated heterocycles. The van der Waals surface area contributed by atoms with Gasteiger partial charge in [-0.05, 0) is 61.9 Å². The van der Waals surface area contributed by atoms with Gasteiger partial charge in [0.1, 0.15) is 5.75 Å². The zero-order valence-electron chi connectivity index (χ0n) is 13.8. The second-order valence-electron chi connectivity index (χ2n) is 5.80. The van der Waals surface area contributed by atoms with Gasteiger partial charge in [0.2, 0.25) is 0 Å². The summed E-state index contributed by atoms with van der Waals surface area (Å²) < 4.78 is 5.42. The number of amides is 1. The van der Waals surface area contributed by atoms with E-state index < -0.39 is 11.6 Å². The van der Waals surface area contributed by atoms with Crippen molar-refractivity contribution in [3.8, 4) is 5.75 Å². The zero-order valence-corrected chi connectivity index (χ0v) is 14.6. The Morgan fingerprint density at radius 3 is 2.24 bits per heavy atom. The largest absolute Gasteiger partial charge is 0.478 e. The highest BCUT2D eigenvalue weighted by Crippen LogP contribution is 2.19. The summed E-state index contributed by atoms with van der Waals surface area (Å²) in [5, 5.41) is 12.3. The van der Waals surface area contributed by atoms with Crippen LogP contribution in [-0.4, -0.2) is 22.6 Å². The lowest BCUT2D eigenvalue weighted by Gasteiger charge is -2.21. The van der Waals surface area contributed by atoms with E-state index in [9.17, 15) is 9.59 Å². The lowest BCUT2D eigenvalue weighted by atomic mass is 10.1. The molecule has 0 aliphatic rings. The Hall–Kier alpha value is -2.79. The van der Waals surface area contributed by atoms with Crippen LogP contribution in [-0.2, 0) is 4.79 Å². The molecule has 0 saturated carbocycles. The standard InChI is InChI=1S/C19H18ClNO4/c1-19(2,18(23)24)25-16-9-3-13(4-10-16)11-12-21-17(22)14-5-7-15(20)8-6-14/h3-12H,1-2H3,(H,21,22)(H,23,24)/b12-11+. The molecular weight excluding hydrogens is 342 g/mol. The Morgan fingerprint density at radius 2 is 1.68 bits per heavy atom. The maximum Gasteiger partial charge on any atom is 0.347 e. The SMILES string of the molecule is CC(C)(Oc1ccc(/C=C/NC(=O)c2ccc(Cl)cc2)cc1)C(=O)O. The minimum Gasteiger partial charge on any atom is -0.478 e. The van der Waals surface area contributed by atoms with Gasteiger partial charge in [0.25, 0.3) is 5.91 Å². The van der Waals surface area contributed by atoms with Gasteiger partial charge >= 0.3 is 5.97 Å². The van der Waals surface area contributed by atoms with Crippen LogP contribution in [0.5, 0.6) is 5.75 Å². The lowest BCUT2D eigenvalue weighted by Crippen LogP contribution is -2.37. The number of hydrogen-bond acceptors (Lipinski definition) is 3. The zero-order chi connectivity index (χ0) is 18.4. The van der Waals surface area contributed by atoms with Gasteiger partial charge in [-0.2, -0.15) is 0 Å². The van der Waals surface area contributed by atoms with Crippen molar-refractivity contribution in [1.29, 1.82) is 0 Å². The molecule has 2 aromatic rings. The molecule has 0 spiro atoms. The quantitative estimate of drug-likeness (QED) is 0.817. The molecule has 1 amide bonds. The molecule has 0 bridgehead atoms. The molecule has 0 atom stereocenters. The number of carbonyl (C=O) groups excluding carboxylic acids is 1. The molecule has 0 unspecified atom stereocenters. The molecule has 0 radical (unpaired) electrons. The summed E-state index contributed by atoms with van der Waals surface area (Å²) in [5.41, 5.74) is 0.0368. The van der Waals surface area contributed by atoms with Crippen molar-refractivity contribution < 1.29 is 19.4 Å². The molecule has 2 rings (SSSR count). The van der Waals surface area contributed by atoms with E-state index in [1.807, 2.05) is 0 Å². The van der Waals surface area contributed by atoms with Crippen LogP contribution < -0.4 is 10.1 Å². The Kier molecular flexibility index (Phi) is 5.83. The number of carbonyl (C=O) groups is 2. The number of ether oxygens (including phenoxy) is 1. The Balaban J connectivity index is 1.94. The van der Waals surface area contributed by atoms with Crippen LogP contribution in [0.25, 0.3) is 6.08 Å². The first-order valence-corrected chi connectivity index (χ1v) is 7.91. The highest BCUT2D eigenvalue weighted by Gasteiger charge is 2.29. The second kappa shape index (κ2) is 7.85. The van der Waals surface area contributed by atoms with Gasteiger partial charge in [0, 0.05) is 16.8 Å². The predicted octanol–water partition coefficient (Wildman–Crippen LogP) is 3.98. The summed E-state index contributed by atoms with van der Waals surface area (Å²) in [4.78, 5) is 23.0. The van der Waals surface area contributed by atoms with Crippen LogP contribution in [0.15, 0.2) is 54.7 Å². The second-order valence-corrected chi connectivity index (χ2v) is 6.24. The summed E-state index contributed by atoms with van der Waals surface area (Å²) in [6.45, 7) is 2.96. The molecule has 2 N–H and O–H groups in total. The number of rotatable bonds is 6. The van der Waals surface area contributed by atoms with Crippen LogP contribution in [0.4, 0.5) is 0 Å². The summed E-state index contributed by atoms with van der Waals surface area (Å²) in [6.07, 6.45) is 3.26. The Morgan fingerprint density at radius 1 is 1.08 bits per heavy atom. The smallest absolute Gasteiger partial charge is 0.347 e. The minimum absolute atomic E-state index is 0.240. The third-order valence-electron chi connectivity index (χ3n) is 3.36. The third kappa shape index (κ3) is 5.36. The van der Waals surface area contributed by atoms with Crippen molar-refractivity contribution >= 4 is 29.6 Å². The minimum atomic E-state index is -1.30. The van der Waals surface area contributed by atoms with Crippen molar-refractivity contribution in [2.45, 2.75) is 19.4 Å². The predicted molar refractivity (Wildman–Crippen MR) is 96.7 cm³/mol. The van der Waals surface area contributed by atoms with E-state index in [1.54, 1.807) is 54.6 Å². The van der Waals surface area contributed by atoms with Gasteiger partial charge in [-0.1, -0.05) is 23.7 Å². The Labute approximate surface area is 150 Å². The van der Waals surface area contributed by atoms with Crippen molar-refractivity contribution in [3.05, 3.63) is 70.9 Å². The van der Waals surface area contributed by atoms with E-state index in [4.69, 9.17) is 21.4 Å². The molecule has 0 aliphatic heterocycles. The highest BCUT2D eigenvalue weighted by atomic mass is 35.5. The molecule has 0 heterocycles. The average molecular weight is 360 g/mol. The number of benzene rings is 2. The van der Waals surface area contributed by atoms with E-state index >= 15 is 0 Å². The summed E-state index contributed by atoms with van der Waals surface area (Å²) in [5.74, 6) is -0.827. The number of carboxylic acid groups (broad SMARTS) is 1. The highest BCUT2D eigenvalue weighted by molar-refractivity contribution is 6.30. The first kappa shape index (κ1) is 18.5. The maximum atomic E-state index is 11.9. The van der Waals surface area contributed by atoms with Crippen LogP contribution in [0, 0.1) is 0 Å². The van der Waals surface area contributed by atoms with E-state index in [0.29, 0.717) is 16.3 Å². The van der Waals surface area contributed by atoms with Crippen LogP contribution in [0.3, 0.4) is 0 Å². The molecule has 25 heavy (non-hydrogen) atoms. The first-order chi connectivity index (χ1) is 11.8. The average Bonchev–Trinajstić information content (AvgIpc) is 2.56. The maximum absolute atomic E-state index is 11.9. The first-order valence-electron chi connectivity index (χ1n) is 7.53. The summed E-state index contributed by atoms with van der Waals surface area (Å²) in [7, 11) is 0. The normalized spacial score (nSPS) is 11.3. The molecule has 0 aromatic heterocycles. The van der Waals surface area contributed by atoms with E-state index in [2.05, 4.69) is 5.32 Å². The fraction of sp³-hybridized carbons (Fsp3) is 0.158. The number of nitrogens with one attached hydrogen (secondary N) is 1. The molecule has 0 aliphatic carbocycles. The summed E-state index contributed by atoms with van der Waals surface area (Å²) in [6, 6.07) is 13.5. The molecule has 130 valence electrons.